The number of hydrogen-bond acceptors (Lipinski definition) is 3. The van der Waals surface area contributed by atoms with Crippen molar-refractivity contribution >= 4 is 11.9 Å². The highest BCUT2D eigenvalue weighted by Crippen LogP contribution is 2.31. The number of hydrogen-bond donors (Lipinski definition) is 2. The molecule has 2 unspecified atom stereocenters. The molecule has 1 aliphatic heterocycles. The first-order valence-electron chi connectivity index (χ1n) is 7.44. The summed E-state index contributed by atoms with van der Waals surface area (Å²) >= 11 is 0. The minimum atomic E-state index is -0.895. The topological polar surface area (TPSA) is 69.6 Å². The van der Waals surface area contributed by atoms with E-state index in [9.17, 15) is 14.7 Å². The van der Waals surface area contributed by atoms with Crippen molar-refractivity contribution in [2.75, 3.05) is 6.54 Å². The Labute approximate surface area is 123 Å². The van der Waals surface area contributed by atoms with Gasteiger partial charge in [-0.3, -0.25) is 14.5 Å². The molecule has 2 aliphatic rings. The molecular formula is C16H20N2O3. The number of nitrogens with one attached hydrogen (secondary N) is 1. The van der Waals surface area contributed by atoms with Crippen LogP contribution in [-0.2, 0) is 16.0 Å². The van der Waals surface area contributed by atoms with E-state index in [1.54, 1.807) is 11.8 Å². The molecule has 1 heterocycles. The molecular weight excluding hydrogens is 268 g/mol. The van der Waals surface area contributed by atoms with Crippen molar-refractivity contribution in [2.24, 2.45) is 0 Å². The normalized spacial score (nSPS) is 23.2. The van der Waals surface area contributed by atoms with Crippen LogP contribution >= 0.6 is 0 Å². The van der Waals surface area contributed by atoms with Crippen molar-refractivity contribution < 1.29 is 14.7 Å². The molecule has 1 fully saturated rings. The number of nitrogens with zero attached hydrogens (tertiary/aromatic N) is 1. The number of carbonyl (C=O) groups is 2. The van der Waals surface area contributed by atoms with Gasteiger partial charge in [0, 0.05) is 12.6 Å². The molecule has 3 rings (SSSR count). The van der Waals surface area contributed by atoms with E-state index in [2.05, 4.69) is 5.32 Å². The van der Waals surface area contributed by atoms with Gasteiger partial charge in [0.15, 0.2) is 0 Å². The van der Waals surface area contributed by atoms with Gasteiger partial charge >= 0.3 is 5.97 Å². The fourth-order valence-corrected chi connectivity index (χ4v) is 2.98. The largest absolute Gasteiger partial charge is 0.480 e. The predicted molar refractivity (Wildman–Crippen MR) is 77.9 cm³/mol. The Morgan fingerprint density at radius 2 is 2.05 bits per heavy atom. The van der Waals surface area contributed by atoms with E-state index in [-0.39, 0.29) is 5.91 Å². The Balaban J connectivity index is 1.84. The molecule has 1 aliphatic carbocycles. The smallest absolute Gasteiger partial charge is 0.325 e. The van der Waals surface area contributed by atoms with E-state index in [1.165, 1.54) is 0 Å². The van der Waals surface area contributed by atoms with Crippen molar-refractivity contribution in [3.8, 4) is 0 Å². The molecule has 2 N–H and O–H groups in total. The van der Waals surface area contributed by atoms with Gasteiger partial charge in [-0.15, -0.1) is 0 Å². The lowest BCUT2D eigenvalue weighted by atomic mass is 9.91. The zero-order valence-corrected chi connectivity index (χ0v) is 12.1. The van der Waals surface area contributed by atoms with Crippen LogP contribution in [0.2, 0.25) is 0 Å². The second-order valence-electron chi connectivity index (χ2n) is 5.89. The van der Waals surface area contributed by atoms with Gasteiger partial charge in [0.05, 0.1) is 6.04 Å². The Bertz CT molecular complexity index is 568. The van der Waals surface area contributed by atoms with E-state index >= 15 is 0 Å². The number of carboxylic acid groups (broad SMARTS) is 1. The Hall–Kier alpha value is -1.88. The van der Waals surface area contributed by atoms with Crippen molar-refractivity contribution in [3.63, 3.8) is 0 Å². The first kappa shape index (κ1) is 14.1. The van der Waals surface area contributed by atoms with Crippen LogP contribution in [0.5, 0.6) is 0 Å². The Kier molecular flexibility index (Phi) is 3.68. The molecule has 0 bridgehead atoms. The number of carbonyl (C=O) groups excluding carboxylic acids is 1. The van der Waals surface area contributed by atoms with Crippen LogP contribution in [0, 0.1) is 0 Å². The van der Waals surface area contributed by atoms with Gasteiger partial charge in [-0.05, 0) is 37.3 Å². The molecule has 0 aromatic heterocycles. The van der Waals surface area contributed by atoms with Crippen LogP contribution in [0.25, 0.3) is 0 Å². The molecule has 21 heavy (non-hydrogen) atoms. The zero-order chi connectivity index (χ0) is 15.0. The van der Waals surface area contributed by atoms with Crippen LogP contribution < -0.4 is 5.32 Å². The van der Waals surface area contributed by atoms with Crippen LogP contribution in [0.1, 0.15) is 36.9 Å². The number of amides is 1. The maximum Gasteiger partial charge on any atom is 0.325 e. The van der Waals surface area contributed by atoms with E-state index in [1.807, 2.05) is 24.3 Å². The number of benzene rings is 1. The van der Waals surface area contributed by atoms with E-state index in [0.29, 0.717) is 12.6 Å². The summed E-state index contributed by atoms with van der Waals surface area (Å²) in [5.74, 6) is -0.962. The van der Waals surface area contributed by atoms with Gasteiger partial charge in [0.2, 0.25) is 5.91 Å². The number of rotatable bonds is 4. The highest BCUT2D eigenvalue weighted by Gasteiger charge is 2.38. The number of aliphatic carboxylic acids is 1. The highest BCUT2D eigenvalue weighted by atomic mass is 16.4. The fourth-order valence-electron chi connectivity index (χ4n) is 2.98. The van der Waals surface area contributed by atoms with Crippen molar-refractivity contribution in [2.45, 2.75) is 44.3 Å². The lowest BCUT2D eigenvalue weighted by molar-refractivity contribution is -0.146. The third kappa shape index (κ3) is 2.78. The SMILES string of the molecule is CC(C(=O)NC1CC1)N1CCc2ccccc2C1C(=O)O. The summed E-state index contributed by atoms with van der Waals surface area (Å²) in [6, 6.07) is 6.72. The van der Waals surface area contributed by atoms with Crippen LogP contribution in [0.3, 0.4) is 0 Å². The molecule has 5 nitrogen and oxygen atoms in total. The predicted octanol–water partition coefficient (Wildman–Crippen LogP) is 1.34. The molecule has 2 atom stereocenters. The van der Waals surface area contributed by atoms with E-state index < -0.39 is 18.1 Å². The average molecular weight is 288 g/mol. The molecule has 5 heteroatoms. The molecule has 0 saturated heterocycles. The monoisotopic (exact) mass is 288 g/mol. The molecule has 1 aromatic carbocycles. The lowest BCUT2D eigenvalue weighted by Gasteiger charge is -2.38. The summed E-state index contributed by atoms with van der Waals surface area (Å²) in [6.45, 7) is 2.38. The molecule has 0 spiro atoms. The molecule has 1 aromatic rings. The van der Waals surface area contributed by atoms with Gasteiger partial charge in [-0.25, -0.2) is 0 Å². The van der Waals surface area contributed by atoms with E-state index in [4.69, 9.17) is 0 Å². The summed E-state index contributed by atoms with van der Waals surface area (Å²) in [5.41, 5.74) is 1.87. The first-order valence-corrected chi connectivity index (χ1v) is 7.44. The second kappa shape index (κ2) is 5.48. The zero-order valence-electron chi connectivity index (χ0n) is 12.1. The number of carboxylic acids is 1. The second-order valence-corrected chi connectivity index (χ2v) is 5.89. The third-order valence-corrected chi connectivity index (χ3v) is 4.36. The summed E-state index contributed by atoms with van der Waals surface area (Å²) in [7, 11) is 0. The molecule has 1 amide bonds. The summed E-state index contributed by atoms with van der Waals surface area (Å²) in [5, 5.41) is 12.6. The van der Waals surface area contributed by atoms with Gasteiger partial charge < -0.3 is 10.4 Å². The minimum absolute atomic E-state index is 0.0665. The molecule has 1 saturated carbocycles. The maximum atomic E-state index is 12.2. The van der Waals surface area contributed by atoms with Crippen LogP contribution in [0.15, 0.2) is 24.3 Å². The van der Waals surface area contributed by atoms with Gasteiger partial charge in [0.1, 0.15) is 6.04 Å². The fraction of sp³-hybridized carbons (Fsp3) is 0.500. The molecule has 0 radical (unpaired) electrons. The lowest BCUT2D eigenvalue weighted by Crippen LogP contribution is -2.51. The van der Waals surface area contributed by atoms with E-state index in [0.717, 1.165) is 30.4 Å². The first-order chi connectivity index (χ1) is 10.1. The van der Waals surface area contributed by atoms with Gasteiger partial charge in [-0.1, -0.05) is 24.3 Å². The summed E-state index contributed by atoms with van der Waals surface area (Å²) in [4.78, 5) is 25.7. The van der Waals surface area contributed by atoms with Gasteiger partial charge in [-0.2, -0.15) is 0 Å². The third-order valence-electron chi connectivity index (χ3n) is 4.36. The Morgan fingerprint density at radius 1 is 1.33 bits per heavy atom. The highest BCUT2D eigenvalue weighted by molar-refractivity contribution is 5.84. The molecule has 112 valence electrons. The standard InChI is InChI=1S/C16H20N2O3/c1-10(15(19)17-12-6-7-12)18-9-8-11-4-2-3-5-13(11)14(18)16(20)21/h2-5,10,12,14H,6-9H2,1H3,(H,17,19)(H,20,21). The van der Waals surface area contributed by atoms with Crippen molar-refractivity contribution in [1.29, 1.82) is 0 Å². The average Bonchev–Trinajstić information content (AvgIpc) is 3.28. The Morgan fingerprint density at radius 3 is 2.71 bits per heavy atom. The maximum absolute atomic E-state index is 12.2. The van der Waals surface area contributed by atoms with Gasteiger partial charge in [0.25, 0.3) is 0 Å². The summed E-state index contributed by atoms with van der Waals surface area (Å²) in [6.07, 6.45) is 2.84. The number of fused-ring (bicyclic) bond motifs is 1. The van der Waals surface area contributed by atoms with Crippen LogP contribution in [-0.4, -0.2) is 40.5 Å². The van der Waals surface area contributed by atoms with Crippen LogP contribution in [0.4, 0.5) is 0 Å². The minimum Gasteiger partial charge on any atom is -0.480 e. The quantitative estimate of drug-likeness (QED) is 0.877. The van der Waals surface area contributed by atoms with Crippen molar-refractivity contribution in [1.82, 2.24) is 10.2 Å². The van der Waals surface area contributed by atoms with Crippen molar-refractivity contribution in [3.05, 3.63) is 35.4 Å². The summed E-state index contributed by atoms with van der Waals surface area (Å²) < 4.78 is 0.